The van der Waals surface area contributed by atoms with E-state index in [1.165, 1.54) is 17.3 Å². The second-order valence-electron chi connectivity index (χ2n) is 5.53. The maximum atomic E-state index is 12.5. The van der Waals surface area contributed by atoms with E-state index in [1.807, 2.05) is 20.8 Å². The van der Waals surface area contributed by atoms with Crippen molar-refractivity contribution in [3.05, 3.63) is 36.9 Å². The van der Waals surface area contributed by atoms with Crippen LogP contribution in [0.5, 0.6) is 5.75 Å². The number of anilines is 1. The number of rotatable bonds is 4. The number of nitrogens with zero attached hydrogens (tertiary/aromatic N) is 3. The van der Waals surface area contributed by atoms with E-state index in [2.05, 4.69) is 10.1 Å². The minimum Gasteiger partial charge on any atom is -0.461 e. The molecule has 0 amide bonds. The van der Waals surface area contributed by atoms with E-state index < -0.39 is 11.6 Å². The molecule has 1 aromatic carbocycles. The Balaban J connectivity index is 2.28. The number of hydrogen-bond acceptors (Lipinski definition) is 5. The largest absolute Gasteiger partial charge is 0.461 e. The topological polar surface area (TPSA) is 83.0 Å². The number of nitrogen functional groups attached to an aromatic ring is 1. The van der Waals surface area contributed by atoms with Crippen LogP contribution >= 0.6 is 0 Å². The van der Waals surface area contributed by atoms with E-state index in [-0.39, 0.29) is 5.78 Å². The van der Waals surface area contributed by atoms with Crippen LogP contribution in [0.1, 0.15) is 27.0 Å². The predicted molar refractivity (Wildman–Crippen MR) is 75.0 cm³/mol. The highest BCUT2D eigenvalue weighted by Gasteiger charge is 2.33. The molecule has 2 N–H and O–H groups in total. The minimum atomic E-state index is -0.846. The number of ether oxygens (including phenoxy) is 1. The van der Waals surface area contributed by atoms with Crippen molar-refractivity contribution in [3.63, 3.8) is 0 Å². The molecule has 20 heavy (non-hydrogen) atoms. The molecule has 0 fully saturated rings. The SMILES string of the molecule is CC(C)(C)C(=O)C(Oc1ccc(N)cc1)n1cncn1. The number of nitrogens with two attached hydrogens (primary N) is 1. The maximum Gasteiger partial charge on any atom is 0.252 e. The fourth-order valence-electron chi connectivity index (χ4n) is 1.61. The van der Waals surface area contributed by atoms with Crippen molar-refractivity contribution in [1.82, 2.24) is 14.8 Å². The monoisotopic (exact) mass is 274 g/mol. The van der Waals surface area contributed by atoms with Crippen molar-refractivity contribution in [2.75, 3.05) is 5.73 Å². The summed E-state index contributed by atoms with van der Waals surface area (Å²) in [5, 5.41) is 4.00. The van der Waals surface area contributed by atoms with Crippen LogP contribution in [-0.4, -0.2) is 20.5 Å². The van der Waals surface area contributed by atoms with Gasteiger partial charge in [0.15, 0.2) is 0 Å². The van der Waals surface area contributed by atoms with E-state index in [4.69, 9.17) is 10.5 Å². The molecule has 1 aromatic heterocycles. The summed E-state index contributed by atoms with van der Waals surface area (Å²) in [5.74, 6) is 0.470. The molecule has 2 rings (SSSR count). The Morgan fingerprint density at radius 1 is 1.30 bits per heavy atom. The average Bonchev–Trinajstić information content (AvgIpc) is 2.90. The Hall–Kier alpha value is -2.37. The molecule has 1 unspecified atom stereocenters. The Morgan fingerprint density at radius 3 is 2.45 bits per heavy atom. The molecule has 0 radical (unpaired) electrons. The molecule has 0 aliphatic heterocycles. The smallest absolute Gasteiger partial charge is 0.252 e. The number of carbonyl (C=O) groups excluding carboxylic acids is 1. The van der Waals surface area contributed by atoms with E-state index in [0.717, 1.165) is 0 Å². The maximum absolute atomic E-state index is 12.5. The second kappa shape index (κ2) is 5.32. The quantitative estimate of drug-likeness (QED) is 0.863. The lowest BCUT2D eigenvalue weighted by Crippen LogP contribution is -2.34. The van der Waals surface area contributed by atoms with Gasteiger partial charge in [-0.15, -0.1) is 0 Å². The van der Waals surface area contributed by atoms with E-state index in [1.54, 1.807) is 24.3 Å². The summed E-state index contributed by atoms with van der Waals surface area (Å²) in [6.07, 6.45) is 1.99. The van der Waals surface area contributed by atoms with Crippen LogP contribution in [0.2, 0.25) is 0 Å². The standard InChI is InChI=1S/C14H18N4O2/c1-14(2,3)12(19)13(18-9-16-8-17-18)20-11-6-4-10(15)5-7-11/h4-9,13H,15H2,1-3H3. The summed E-state index contributed by atoms with van der Waals surface area (Å²) in [5.41, 5.74) is 5.72. The fourth-order valence-corrected chi connectivity index (χ4v) is 1.61. The first kappa shape index (κ1) is 14.0. The second-order valence-corrected chi connectivity index (χ2v) is 5.53. The molecule has 0 spiro atoms. The molecule has 1 heterocycles. The van der Waals surface area contributed by atoms with Crippen LogP contribution < -0.4 is 10.5 Å². The van der Waals surface area contributed by atoms with Gasteiger partial charge < -0.3 is 10.5 Å². The predicted octanol–water partition coefficient (Wildman–Crippen LogP) is 2.05. The number of hydrogen-bond donors (Lipinski definition) is 1. The summed E-state index contributed by atoms with van der Waals surface area (Å²) in [6, 6.07) is 6.87. The number of ketones is 1. The summed E-state index contributed by atoms with van der Waals surface area (Å²) < 4.78 is 7.16. The number of aromatic nitrogens is 3. The van der Waals surface area contributed by atoms with Crippen LogP contribution in [0.15, 0.2) is 36.9 Å². The third-order valence-electron chi connectivity index (χ3n) is 2.77. The van der Waals surface area contributed by atoms with Gasteiger partial charge in [0.1, 0.15) is 18.4 Å². The zero-order valence-electron chi connectivity index (χ0n) is 11.8. The van der Waals surface area contributed by atoms with Crippen molar-refractivity contribution < 1.29 is 9.53 Å². The Bertz CT molecular complexity index is 570. The molecule has 6 heteroatoms. The summed E-state index contributed by atoms with van der Waals surface area (Å²) in [7, 11) is 0. The number of benzene rings is 1. The lowest BCUT2D eigenvalue weighted by molar-refractivity contribution is -0.138. The molecule has 6 nitrogen and oxygen atoms in total. The number of Topliss-reactive ketones (excluding diaryl/α,β-unsaturated/α-hetero) is 1. The zero-order valence-corrected chi connectivity index (χ0v) is 11.8. The number of carbonyl (C=O) groups is 1. The normalized spacial score (nSPS) is 12.9. The Morgan fingerprint density at radius 2 is 1.95 bits per heavy atom. The van der Waals surface area contributed by atoms with Crippen LogP contribution in [0.25, 0.3) is 0 Å². The first-order valence-electron chi connectivity index (χ1n) is 6.28. The molecule has 0 aliphatic rings. The molecule has 1 atom stereocenters. The molecule has 0 bridgehead atoms. The molecule has 106 valence electrons. The molecular formula is C14H18N4O2. The zero-order chi connectivity index (χ0) is 14.8. The third-order valence-corrected chi connectivity index (χ3v) is 2.77. The van der Waals surface area contributed by atoms with Crippen molar-refractivity contribution in [2.45, 2.75) is 27.0 Å². The van der Waals surface area contributed by atoms with Crippen molar-refractivity contribution in [2.24, 2.45) is 5.41 Å². The molecule has 0 aliphatic carbocycles. The van der Waals surface area contributed by atoms with E-state index in [0.29, 0.717) is 11.4 Å². The first-order valence-corrected chi connectivity index (χ1v) is 6.28. The van der Waals surface area contributed by atoms with Gasteiger partial charge in [-0.3, -0.25) is 4.79 Å². The van der Waals surface area contributed by atoms with Gasteiger partial charge in [0.2, 0.25) is 5.78 Å². The highest BCUT2D eigenvalue weighted by atomic mass is 16.5. The van der Waals surface area contributed by atoms with Gasteiger partial charge in [0.05, 0.1) is 0 Å². The van der Waals surface area contributed by atoms with Gasteiger partial charge in [-0.2, -0.15) is 5.10 Å². The first-order chi connectivity index (χ1) is 9.38. The minimum absolute atomic E-state index is 0.0835. The summed E-state index contributed by atoms with van der Waals surface area (Å²) >= 11 is 0. The Labute approximate surface area is 117 Å². The van der Waals surface area contributed by atoms with Gasteiger partial charge in [0.25, 0.3) is 6.23 Å². The van der Waals surface area contributed by atoms with Gasteiger partial charge >= 0.3 is 0 Å². The molecule has 0 saturated heterocycles. The van der Waals surface area contributed by atoms with Crippen molar-refractivity contribution >= 4 is 11.5 Å². The highest BCUT2D eigenvalue weighted by Crippen LogP contribution is 2.26. The third kappa shape index (κ3) is 3.14. The van der Waals surface area contributed by atoms with E-state index in [9.17, 15) is 4.79 Å². The van der Waals surface area contributed by atoms with Crippen LogP contribution in [0, 0.1) is 5.41 Å². The summed E-state index contributed by atoms with van der Waals surface area (Å²) in [6.45, 7) is 5.52. The van der Waals surface area contributed by atoms with E-state index >= 15 is 0 Å². The van der Waals surface area contributed by atoms with Crippen molar-refractivity contribution in [3.8, 4) is 5.75 Å². The van der Waals surface area contributed by atoms with Crippen molar-refractivity contribution in [1.29, 1.82) is 0 Å². The van der Waals surface area contributed by atoms with Gasteiger partial charge in [-0.05, 0) is 24.3 Å². The molecular weight excluding hydrogens is 256 g/mol. The van der Waals surface area contributed by atoms with Gasteiger partial charge in [0, 0.05) is 11.1 Å². The van der Waals surface area contributed by atoms with Gasteiger partial charge in [-0.25, -0.2) is 9.67 Å². The van der Waals surface area contributed by atoms with Crippen LogP contribution in [-0.2, 0) is 4.79 Å². The highest BCUT2D eigenvalue weighted by molar-refractivity contribution is 5.86. The fraction of sp³-hybridized carbons (Fsp3) is 0.357. The molecule has 0 saturated carbocycles. The van der Waals surface area contributed by atoms with Gasteiger partial charge in [-0.1, -0.05) is 20.8 Å². The van der Waals surface area contributed by atoms with Crippen LogP contribution in [0.3, 0.4) is 0 Å². The molecule has 2 aromatic rings. The summed E-state index contributed by atoms with van der Waals surface area (Å²) in [4.78, 5) is 16.4. The Kier molecular flexibility index (Phi) is 3.74. The lowest BCUT2D eigenvalue weighted by Gasteiger charge is -2.25. The average molecular weight is 274 g/mol. The lowest BCUT2D eigenvalue weighted by atomic mass is 9.90. The van der Waals surface area contributed by atoms with Crippen LogP contribution in [0.4, 0.5) is 5.69 Å².